The highest BCUT2D eigenvalue weighted by Gasteiger charge is 2.13. The molecule has 1 aliphatic rings. The van der Waals surface area contributed by atoms with Crippen molar-refractivity contribution >= 4 is 5.91 Å². The Hall–Kier alpha value is -1.81. The summed E-state index contributed by atoms with van der Waals surface area (Å²) in [7, 11) is 0. The highest BCUT2D eigenvalue weighted by molar-refractivity contribution is 5.84. The topological polar surface area (TPSA) is 64.4 Å². The Kier molecular flexibility index (Phi) is 6.58. The predicted octanol–water partition coefficient (Wildman–Crippen LogP) is 1.48. The molecule has 0 radical (unpaired) electrons. The lowest BCUT2D eigenvalue weighted by Crippen LogP contribution is -2.34. The molecule has 2 rings (SSSR count). The number of ether oxygens (including phenoxy) is 1. The van der Waals surface area contributed by atoms with Crippen molar-refractivity contribution in [1.29, 1.82) is 0 Å². The molecule has 0 atom stereocenters. The van der Waals surface area contributed by atoms with Gasteiger partial charge in [-0.3, -0.25) is 4.79 Å². The van der Waals surface area contributed by atoms with Crippen LogP contribution in [0.5, 0.6) is 5.75 Å². The molecule has 0 saturated carbocycles. The van der Waals surface area contributed by atoms with E-state index >= 15 is 0 Å². The van der Waals surface area contributed by atoms with Crippen LogP contribution in [0.2, 0.25) is 0 Å². The zero-order valence-corrected chi connectivity index (χ0v) is 10.5. The summed E-state index contributed by atoms with van der Waals surface area (Å²) in [4.78, 5) is 9.47. The number of amides is 1. The molecule has 0 unspecified atom stereocenters. The number of hydrogen-bond donors (Lipinski definition) is 2. The van der Waals surface area contributed by atoms with Gasteiger partial charge >= 0.3 is 0 Å². The molecule has 1 heterocycles. The number of benzene rings is 1. The molecule has 0 spiro atoms. The highest BCUT2D eigenvalue weighted by atomic mass is 16.5. The minimum absolute atomic E-state index is 0.406. The SMILES string of the molecule is C=CC(N)=O.c1ccc(OC2CCNCC2)cc1. The molecule has 1 amide bonds. The molecule has 0 aliphatic carbocycles. The van der Waals surface area contributed by atoms with Gasteiger partial charge in [-0.05, 0) is 44.1 Å². The zero-order valence-electron chi connectivity index (χ0n) is 10.5. The van der Waals surface area contributed by atoms with Gasteiger partial charge in [0.2, 0.25) is 5.91 Å². The molecular weight excluding hydrogens is 228 g/mol. The molecule has 1 aromatic rings. The Morgan fingerprint density at radius 1 is 1.33 bits per heavy atom. The van der Waals surface area contributed by atoms with Crippen molar-refractivity contribution in [3.63, 3.8) is 0 Å². The fourth-order valence-corrected chi connectivity index (χ4v) is 1.60. The van der Waals surface area contributed by atoms with Gasteiger partial charge in [0.05, 0.1) is 0 Å². The third-order valence-corrected chi connectivity index (χ3v) is 2.53. The largest absolute Gasteiger partial charge is 0.490 e. The lowest BCUT2D eigenvalue weighted by molar-refractivity contribution is -0.113. The van der Waals surface area contributed by atoms with E-state index < -0.39 is 5.91 Å². The molecule has 0 bridgehead atoms. The number of carbonyl (C=O) groups excluding carboxylic acids is 1. The molecule has 1 fully saturated rings. The zero-order chi connectivity index (χ0) is 13.2. The summed E-state index contributed by atoms with van der Waals surface area (Å²) in [6, 6.07) is 10.1. The van der Waals surface area contributed by atoms with E-state index in [1.165, 1.54) is 0 Å². The molecule has 1 aromatic carbocycles. The number of primary amides is 1. The van der Waals surface area contributed by atoms with Crippen LogP contribution in [0.1, 0.15) is 12.8 Å². The number of para-hydroxylation sites is 1. The van der Waals surface area contributed by atoms with Crippen LogP contribution in [0.4, 0.5) is 0 Å². The van der Waals surface area contributed by atoms with Crippen molar-refractivity contribution < 1.29 is 9.53 Å². The third-order valence-electron chi connectivity index (χ3n) is 2.53. The Balaban J connectivity index is 0.000000280. The maximum Gasteiger partial charge on any atom is 0.240 e. The van der Waals surface area contributed by atoms with Gasteiger partial charge in [0.25, 0.3) is 0 Å². The Bertz CT molecular complexity index is 359. The van der Waals surface area contributed by atoms with Crippen LogP contribution in [-0.2, 0) is 4.79 Å². The van der Waals surface area contributed by atoms with Crippen molar-refractivity contribution in [2.75, 3.05) is 13.1 Å². The molecule has 3 N–H and O–H groups in total. The minimum atomic E-state index is -0.481. The number of hydrogen-bond acceptors (Lipinski definition) is 3. The van der Waals surface area contributed by atoms with Crippen LogP contribution in [0, 0.1) is 0 Å². The Morgan fingerprint density at radius 2 is 1.89 bits per heavy atom. The van der Waals surface area contributed by atoms with E-state index in [1.807, 2.05) is 30.3 Å². The molecule has 4 nitrogen and oxygen atoms in total. The van der Waals surface area contributed by atoms with Gasteiger partial charge in [-0.2, -0.15) is 0 Å². The summed E-state index contributed by atoms with van der Waals surface area (Å²) in [5, 5.41) is 3.32. The van der Waals surface area contributed by atoms with E-state index in [-0.39, 0.29) is 0 Å². The average Bonchev–Trinajstić information content (AvgIpc) is 2.42. The fourth-order valence-electron chi connectivity index (χ4n) is 1.60. The van der Waals surface area contributed by atoms with E-state index in [9.17, 15) is 4.79 Å². The van der Waals surface area contributed by atoms with Gasteiger partial charge in [0.15, 0.2) is 0 Å². The van der Waals surface area contributed by atoms with Crippen LogP contribution in [0.3, 0.4) is 0 Å². The first kappa shape index (κ1) is 14.3. The van der Waals surface area contributed by atoms with E-state index in [2.05, 4.69) is 17.6 Å². The maximum atomic E-state index is 9.47. The fraction of sp³-hybridized carbons (Fsp3) is 0.357. The standard InChI is InChI=1S/C11H15NO.C3H5NO/c1-2-4-10(5-3-1)13-11-6-8-12-9-7-11;1-2-3(4)5/h1-5,11-12H,6-9H2;2H,1H2,(H2,4,5). The van der Waals surface area contributed by atoms with Crippen molar-refractivity contribution in [3.8, 4) is 5.75 Å². The smallest absolute Gasteiger partial charge is 0.240 e. The first-order valence-electron chi connectivity index (χ1n) is 6.06. The monoisotopic (exact) mass is 248 g/mol. The second-order valence-corrected chi connectivity index (χ2v) is 3.99. The normalized spacial score (nSPS) is 15.1. The van der Waals surface area contributed by atoms with Gasteiger partial charge < -0.3 is 15.8 Å². The lowest BCUT2D eigenvalue weighted by atomic mass is 10.1. The lowest BCUT2D eigenvalue weighted by Gasteiger charge is -2.23. The van der Waals surface area contributed by atoms with Crippen molar-refractivity contribution in [2.24, 2.45) is 5.73 Å². The number of carbonyl (C=O) groups is 1. The molecule has 4 heteroatoms. The van der Waals surface area contributed by atoms with E-state index in [4.69, 9.17) is 4.74 Å². The van der Waals surface area contributed by atoms with Crippen LogP contribution in [0.15, 0.2) is 43.0 Å². The summed E-state index contributed by atoms with van der Waals surface area (Å²) in [6.07, 6.45) is 3.70. The molecule has 1 aliphatic heterocycles. The summed E-state index contributed by atoms with van der Waals surface area (Å²) in [6.45, 7) is 5.25. The Morgan fingerprint density at radius 3 is 2.39 bits per heavy atom. The predicted molar refractivity (Wildman–Crippen MR) is 72.4 cm³/mol. The molecule has 18 heavy (non-hydrogen) atoms. The Labute approximate surface area is 108 Å². The van der Waals surface area contributed by atoms with Gasteiger partial charge in [0.1, 0.15) is 11.9 Å². The van der Waals surface area contributed by atoms with E-state index in [1.54, 1.807) is 0 Å². The molecular formula is C14H20N2O2. The number of piperidine rings is 1. The van der Waals surface area contributed by atoms with E-state index in [0.29, 0.717) is 6.10 Å². The van der Waals surface area contributed by atoms with E-state index in [0.717, 1.165) is 37.8 Å². The first-order chi connectivity index (χ1) is 8.72. The highest BCUT2D eigenvalue weighted by Crippen LogP contribution is 2.15. The van der Waals surface area contributed by atoms with Gasteiger partial charge in [-0.25, -0.2) is 0 Å². The average molecular weight is 248 g/mol. The third kappa shape index (κ3) is 6.06. The first-order valence-corrected chi connectivity index (χ1v) is 6.06. The van der Waals surface area contributed by atoms with Gasteiger partial charge in [0, 0.05) is 0 Å². The van der Waals surface area contributed by atoms with Crippen LogP contribution >= 0.6 is 0 Å². The molecule has 1 saturated heterocycles. The minimum Gasteiger partial charge on any atom is -0.490 e. The van der Waals surface area contributed by atoms with Crippen LogP contribution in [-0.4, -0.2) is 25.1 Å². The van der Waals surface area contributed by atoms with Crippen LogP contribution < -0.4 is 15.8 Å². The van der Waals surface area contributed by atoms with Gasteiger partial charge in [-0.1, -0.05) is 24.8 Å². The molecule has 0 aromatic heterocycles. The van der Waals surface area contributed by atoms with Crippen molar-refractivity contribution in [2.45, 2.75) is 18.9 Å². The van der Waals surface area contributed by atoms with Gasteiger partial charge in [-0.15, -0.1) is 0 Å². The second kappa shape index (κ2) is 8.31. The quantitative estimate of drug-likeness (QED) is 0.796. The number of rotatable bonds is 3. The second-order valence-electron chi connectivity index (χ2n) is 3.99. The van der Waals surface area contributed by atoms with Crippen molar-refractivity contribution in [3.05, 3.63) is 43.0 Å². The summed E-state index contributed by atoms with van der Waals surface area (Å²) >= 11 is 0. The summed E-state index contributed by atoms with van der Waals surface area (Å²) in [5.41, 5.74) is 4.53. The van der Waals surface area contributed by atoms with Crippen LogP contribution in [0.25, 0.3) is 0 Å². The van der Waals surface area contributed by atoms with Crippen molar-refractivity contribution in [1.82, 2.24) is 5.32 Å². The maximum absolute atomic E-state index is 9.47. The molecule has 98 valence electrons. The number of nitrogens with two attached hydrogens (primary N) is 1. The summed E-state index contributed by atoms with van der Waals surface area (Å²) in [5.74, 6) is 0.513. The number of nitrogens with one attached hydrogen (secondary N) is 1. The summed E-state index contributed by atoms with van der Waals surface area (Å²) < 4.78 is 5.82.